The van der Waals surface area contributed by atoms with Gasteiger partial charge < -0.3 is 5.11 Å². The van der Waals surface area contributed by atoms with Crippen molar-refractivity contribution in [1.82, 2.24) is 0 Å². The van der Waals surface area contributed by atoms with Gasteiger partial charge in [-0.2, -0.15) is 0 Å². The summed E-state index contributed by atoms with van der Waals surface area (Å²) < 4.78 is 14.0. The molecule has 0 radical (unpaired) electrons. The smallest absolute Gasteiger partial charge is 0.123 e. The number of hydrogen-bond acceptors (Lipinski definition) is 2. The van der Waals surface area contributed by atoms with Crippen LogP contribution < -0.4 is 0 Å². The molecule has 1 unspecified atom stereocenters. The predicted molar refractivity (Wildman–Crippen MR) is 81.1 cm³/mol. The zero-order valence-electron chi connectivity index (χ0n) is 10.5. The zero-order chi connectivity index (χ0) is 13.7. The lowest BCUT2D eigenvalue weighted by molar-refractivity contribution is 0.162. The van der Waals surface area contributed by atoms with E-state index in [9.17, 15) is 9.50 Å². The Morgan fingerprint density at radius 1 is 1.32 bits per heavy atom. The molecule has 0 aliphatic heterocycles. The van der Waals surface area contributed by atoms with Crippen LogP contribution in [0.25, 0.3) is 0 Å². The summed E-state index contributed by atoms with van der Waals surface area (Å²) in [4.78, 5) is 1.35. The molecule has 19 heavy (non-hydrogen) atoms. The van der Waals surface area contributed by atoms with Gasteiger partial charge in [0.2, 0.25) is 0 Å². The van der Waals surface area contributed by atoms with Crippen LogP contribution in [0.4, 0.5) is 4.39 Å². The van der Waals surface area contributed by atoms with Gasteiger partial charge in [-0.3, -0.25) is 0 Å². The van der Waals surface area contributed by atoms with Gasteiger partial charge in [-0.25, -0.2) is 4.39 Å². The van der Waals surface area contributed by atoms with E-state index in [-0.39, 0.29) is 5.82 Å². The van der Waals surface area contributed by atoms with Crippen molar-refractivity contribution >= 4 is 27.3 Å². The number of rotatable bonds is 6. The first-order valence-corrected chi connectivity index (χ1v) is 7.97. The Balaban J connectivity index is 1.80. The number of hydrogen-bond donors (Lipinski definition) is 1. The maximum atomic E-state index is 13.1. The first-order chi connectivity index (χ1) is 9.15. The van der Waals surface area contributed by atoms with Crippen molar-refractivity contribution in [3.63, 3.8) is 0 Å². The molecular formula is C15H16BrFOS. The number of aryl methyl sites for hydroxylation is 1. The molecule has 1 aromatic carbocycles. The fourth-order valence-electron chi connectivity index (χ4n) is 2.02. The van der Waals surface area contributed by atoms with Crippen molar-refractivity contribution in [2.24, 2.45) is 0 Å². The maximum absolute atomic E-state index is 13.1. The van der Waals surface area contributed by atoms with Crippen LogP contribution in [0.2, 0.25) is 0 Å². The summed E-state index contributed by atoms with van der Waals surface area (Å²) in [5.74, 6) is -0.260. The van der Waals surface area contributed by atoms with Crippen molar-refractivity contribution in [2.75, 3.05) is 0 Å². The van der Waals surface area contributed by atoms with E-state index < -0.39 is 6.10 Å². The van der Waals surface area contributed by atoms with Crippen LogP contribution in [0.1, 0.15) is 23.3 Å². The average Bonchev–Trinajstić information content (AvgIpc) is 2.87. The average molecular weight is 343 g/mol. The fourth-order valence-corrected chi connectivity index (χ4v) is 3.18. The Kier molecular flexibility index (Phi) is 5.55. The summed E-state index contributed by atoms with van der Waals surface area (Å²) in [5, 5.41) is 12.1. The first kappa shape index (κ1) is 14.7. The lowest BCUT2D eigenvalue weighted by Crippen LogP contribution is -2.11. The molecule has 0 spiro atoms. The van der Waals surface area contributed by atoms with Gasteiger partial charge in [0.05, 0.1) is 6.10 Å². The molecule has 1 atom stereocenters. The molecule has 1 nitrogen and oxygen atoms in total. The summed E-state index contributed by atoms with van der Waals surface area (Å²) in [6.45, 7) is 0. The van der Waals surface area contributed by atoms with E-state index in [1.807, 2.05) is 6.07 Å². The molecule has 0 saturated carbocycles. The third-order valence-corrected chi connectivity index (χ3v) is 4.71. The summed E-state index contributed by atoms with van der Waals surface area (Å²) >= 11 is 5.13. The van der Waals surface area contributed by atoms with Gasteiger partial charge in [0.25, 0.3) is 0 Å². The van der Waals surface area contributed by atoms with Gasteiger partial charge in [0.1, 0.15) is 5.82 Å². The van der Waals surface area contributed by atoms with Crippen LogP contribution in [0.3, 0.4) is 0 Å². The number of thiophene rings is 1. The molecule has 0 fully saturated rings. The zero-order valence-corrected chi connectivity index (χ0v) is 12.9. The van der Waals surface area contributed by atoms with Gasteiger partial charge in [-0.05, 0) is 60.9 Å². The fraction of sp³-hybridized carbons (Fsp3) is 0.333. The highest BCUT2D eigenvalue weighted by atomic mass is 79.9. The summed E-state index contributed by atoms with van der Waals surface area (Å²) in [6.07, 6.45) is 2.76. The second kappa shape index (κ2) is 7.17. The predicted octanol–water partition coefficient (Wildman–Crippen LogP) is 4.58. The van der Waals surface area contributed by atoms with Gasteiger partial charge in [0, 0.05) is 9.35 Å². The molecular weight excluding hydrogens is 327 g/mol. The quantitative estimate of drug-likeness (QED) is 0.814. The van der Waals surface area contributed by atoms with Gasteiger partial charge in [0.15, 0.2) is 0 Å². The Bertz CT molecular complexity index is 513. The van der Waals surface area contributed by atoms with Crippen molar-refractivity contribution in [3.8, 4) is 0 Å². The Morgan fingerprint density at radius 2 is 2.16 bits per heavy atom. The summed E-state index contributed by atoms with van der Waals surface area (Å²) in [6, 6.07) is 8.73. The van der Waals surface area contributed by atoms with Crippen molar-refractivity contribution in [2.45, 2.75) is 31.8 Å². The normalized spacial score (nSPS) is 12.6. The largest absolute Gasteiger partial charge is 0.393 e. The van der Waals surface area contributed by atoms with E-state index in [1.165, 1.54) is 17.0 Å². The van der Waals surface area contributed by atoms with E-state index >= 15 is 0 Å². The number of aliphatic hydroxyl groups excluding tert-OH is 1. The van der Waals surface area contributed by atoms with Gasteiger partial charge in [-0.15, -0.1) is 11.3 Å². The second-order valence-electron chi connectivity index (χ2n) is 4.57. The van der Waals surface area contributed by atoms with Crippen LogP contribution in [0.15, 0.2) is 40.2 Å². The number of aliphatic hydroxyl groups is 1. The van der Waals surface area contributed by atoms with E-state index in [2.05, 4.69) is 27.4 Å². The lowest BCUT2D eigenvalue weighted by atomic mass is 10.0. The maximum Gasteiger partial charge on any atom is 0.123 e. The van der Waals surface area contributed by atoms with Crippen molar-refractivity contribution in [3.05, 3.63) is 56.4 Å². The highest BCUT2D eigenvalue weighted by Gasteiger charge is 2.09. The van der Waals surface area contributed by atoms with E-state index in [1.54, 1.807) is 17.4 Å². The second-order valence-corrected chi connectivity index (χ2v) is 6.45. The van der Waals surface area contributed by atoms with Gasteiger partial charge >= 0.3 is 0 Å². The van der Waals surface area contributed by atoms with E-state index in [4.69, 9.17) is 0 Å². The Hall–Kier alpha value is -0.710. The van der Waals surface area contributed by atoms with Crippen LogP contribution in [0, 0.1) is 5.82 Å². The molecule has 2 rings (SSSR count). The van der Waals surface area contributed by atoms with Crippen molar-refractivity contribution in [1.29, 1.82) is 0 Å². The molecule has 0 saturated heterocycles. The standard InChI is InChI=1S/C15H16BrFOS/c16-15-7-6-12(17)9-11(15)10-13(18)3-1-4-14-5-2-8-19-14/h2,5-9,13,18H,1,3-4,10H2. The van der Waals surface area contributed by atoms with Crippen LogP contribution in [-0.2, 0) is 12.8 Å². The van der Waals surface area contributed by atoms with E-state index in [0.29, 0.717) is 6.42 Å². The summed E-state index contributed by atoms with van der Waals surface area (Å²) in [7, 11) is 0. The highest BCUT2D eigenvalue weighted by Crippen LogP contribution is 2.21. The van der Waals surface area contributed by atoms with Crippen LogP contribution in [-0.4, -0.2) is 11.2 Å². The molecule has 1 N–H and O–H groups in total. The molecule has 1 aromatic heterocycles. The summed E-state index contributed by atoms with van der Waals surface area (Å²) in [5.41, 5.74) is 0.823. The highest BCUT2D eigenvalue weighted by molar-refractivity contribution is 9.10. The Labute approximate surface area is 125 Å². The minimum Gasteiger partial charge on any atom is -0.393 e. The van der Waals surface area contributed by atoms with Crippen LogP contribution in [0.5, 0.6) is 0 Å². The molecule has 0 bridgehead atoms. The third kappa shape index (κ3) is 4.71. The van der Waals surface area contributed by atoms with E-state index in [0.717, 1.165) is 29.3 Å². The van der Waals surface area contributed by atoms with Gasteiger partial charge in [-0.1, -0.05) is 22.0 Å². The third-order valence-electron chi connectivity index (χ3n) is 3.00. The number of halogens is 2. The molecule has 102 valence electrons. The SMILES string of the molecule is OC(CCCc1cccs1)Cc1cc(F)ccc1Br. The monoisotopic (exact) mass is 342 g/mol. The topological polar surface area (TPSA) is 20.2 Å². The minimum absolute atomic E-state index is 0.260. The molecule has 2 aromatic rings. The molecule has 0 aliphatic rings. The first-order valence-electron chi connectivity index (χ1n) is 6.29. The molecule has 1 heterocycles. The Morgan fingerprint density at radius 3 is 2.89 bits per heavy atom. The molecule has 0 aliphatic carbocycles. The van der Waals surface area contributed by atoms with Crippen molar-refractivity contribution < 1.29 is 9.50 Å². The lowest BCUT2D eigenvalue weighted by Gasteiger charge is -2.11. The molecule has 4 heteroatoms. The minimum atomic E-state index is -0.418. The number of benzene rings is 1. The molecule has 0 amide bonds. The van der Waals surface area contributed by atoms with Crippen LogP contribution >= 0.6 is 27.3 Å².